The van der Waals surface area contributed by atoms with Crippen molar-refractivity contribution in [2.45, 2.75) is 110 Å². The Morgan fingerprint density at radius 1 is 0.917 bits per heavy atom. The van der Waals surface area contributed by atoms with Crippen molar-refractivity contribution in [2.24, 2.45) is 0 Å². The molecule has 0 saturated carbocycles. The minimum Gasteiger partial charge on any atom is -0.444 e. The van der Waals surface area contributed by atoms with Crippen molar-refractivity contribution in [1.29, 1.82) is 0 Å². The number of halogens is 3. The number of aliphatic hydroxyl groups is 1. The number of amides is 2. The Balaban J connectivity index is 1.60. The highest BCUT2D eigenvalue weighted by Crippen LogP contribution is 2.41. The Hall–Kier alpha value is -4.13. The summed E-state index contributed by atoms with van der Waals surface area (Å²) in [4.78, 5) is 46.6. The van der Waals surface area contributed by atoms with E-state index in [-0.39, 0.29) is 25.6 Å². The van der Waals surface area contributed by atoms with E-state index in [0.29, 0.717) is 47.6 Å². The van der Waals surface area contributed by atoms with Crippen LogP contribution < -0.4 is 0 Å². The second kappa shape index (κ2) is 12.1. The Kier molecular flexibility index (Phi) is 8.86. The average Bonchev–Trinajstić information content (AvgIpc) is 3.58. The molecule has 1 fully saturated rings. The fourth-order valence-electron chi connectivity index (χ4n) is 6.30. The van der Waals surface area contributed by atoms with Crippen molar-refractivity contribution in [2.75, 3.05) is 13.1 Å². The molecule has 3 aromatic rings. The molecule has 2 aliphatic heterocycles. The van der Waals surface area contributed by atoms with Gasteiger partial charge in [-0.2, -0.15) is 13.2 Å². The van der Waals surface area contributed by atoms with Gasteiger partial charge >= 0.3 is 18.4 Å². The van der Waals surface area contributed by atoms with Crippen molar-refractivity contribution in [1.82, 2.24) is 19.4 Å². The summed E-state index contributed by atoms with van der Waals surface area (Å²) in [5.41, 5.74) is -0.159. The molecule has 1 saturated heterocycles. The lowest BCUT2D eigenvalue weighted by Crippen LogP contribution is -2.56. The van der Waals surface area contributed by atoms with Crippen molar-refractivity contribution < 1.29 is 42.1 Å². The van der Waals surface area contributed by atoms with E-state index in [0.717, 1.165) is 28.0 Å². The number of pyridine rings is 1. The molecule has 2 aliphatic rings. The lowest BCUT2D eigenvalue weighted by Gasteiger charge is -2.37. The Morgan fingerprint density at radius 3 is 2.19 bits per heavy atom. The zero-order valence-electron chi connectivity index (χ0n) is 28.6. The van der Waals surface area contributed by atoms with E-state index >= 15 is 0 Å². The third kappa shape index (κ3) is 6.87. The molecular weight excluding hydrogens is 629 g/mol. The van der Waals surface area contributed by atoms with Crippen LogP contribution in [0.15, 0.2) is 30.6 Å². The average molecular weight is 673 g/mol. The second-order valence-corrected chi connectivity index (χ2v) is 14.8. The summed E-state index contributed by atoms with van der Waals surface area (Å²) in [7, 11) is 0. The number of hydrogen-bond donors (Lipinski definition) is 1. The summed E-state index contributed by atoms with van der Waals surface area (Å²) in [5, 5.41) is 10.9. The number of likely N-dealkylation sites (tertiary alicyclic amines) is 1. The molecule has 0 unspecified atom stereocenters. The van der Waals surface area contributed by atoms with Crippen LogP contribution >= 0.6 is 0 Å². The van der Waals surface area contributed by atoms with Crippen molar-refractivity contribution >= 4 is 29.1 Å². The summed E-state index contributed by atoms with van der Waals surface area (Å²) in [6.07, 6.45) is -1.31. The van der Waals surface area contributed by atoms with Crippen LogP contribution in [0.2, 0.25) is 0 Å². The van der Waals surface area contributed by atoms with Crippen LogP contribution in [0.3, 0.4) is 0 Å². The summed E-state index contributed by atoms with van der Waals surface area (Å²) in [5.74, 6) is -1.42. The molecule has 2 atom stereocenters. The van der Waals surface area contributed by atoms with E-state index in [1.165, 1.54) is 4.57 Å². The maximum atomic E-state index is 13.6. The highest BCUT2D eigenvalue weighted by atomic mass is 19.4. The Morgan fingerprint density at radius 2 is 1.56 bits per heavy atom. The van der Waals surface area contributed by atoms with E-state index in [1.807, 2.05) is 25.1 Å². The zero-order valence-corrected chi connectivity index (χ0v) is 28.6. The maximum Gasteiger partial charge on any atom is 0.426 e. The van der Waals surface area contributed by atoms with Gasteiger partial charge in [0.05, 0.1) is 6.04 Å². The number of hydrogen-bond acceptors (Lipinski definition) is 7. The predicted molar refractivity (Wildman–Crippen MR) is 172 cm³/mol. The monoisotopic (exact) mass is 672 g/mol. The van der Waals surface area contributed by atoms with E-state index in [9.17, 15) is 32.7 Å². The lowest BCUT2D eigenvalue weighted by atomic mass is 9.86. The van der Waals surface area contributed by atoms with Gasteiger partial charge in [-0.15, -0.1) is 0 Å². The van der Waals surface area contributed by atoms with Gasteiger partial charge in [-0.05, 0) is 121 Å². The van der Waals surface area contributed by atoms with Gasteiger partial charge in [0.15, 0.2) is 0 Å². The number of rotatable bonds is 3. The first kappa shape index (κ1) is 35.2. The Labute approximate surface area is 277 Å². The Bertz CT molecular complexity index is 1770. The van der Waals surface area contributed by atoms with Crippen LogP contribution in [0.4, 0.5) is 22.8 Å². The number of aromatic nitrogens is 2. The molecule has 5 rings (SSSR count). The highest BCUT2D eigenvalue weighted by molar-refractivity contribution is 5.92. The van der Waals surface area contributed by atoms with Gasteiger partial charge < -0.3 is 24.4 Å². The van der Waals surface area contributed by atoms with E-state index in [1.54, 1.807) is 58.8 Å². The van der Waals surface area contributed by atoms with Crippen LogP contribution in [-0.2, 0) is 27.2 Å². The quantitative estimate of drug-likeness (QED) is 0.317. The zero-order chi connectivity index (χ0) is 35.6. The standard InChI is InChI=1S/C35H43F3N4O6/c1-20-18-42(31(45)48-33(5,6)7)28-25(20)16-22(17-39-28)21-14-23-19-40(29(43)34(8,46)35(36,37)38)13-11-24(23)26(15-21)27-10-9-12-41(27)30(44)47-32(2,3)4/h14-18,27,46H,9-13,19H2,1-8H3/t27-,34+/m0/s1. The molecule has 4 heterocycles. The van der Waals surface area contributed by atoms with Gasteiger partial charge in [0.1, 0.15) is 16.8 Å². The molecule has 2 amide bonds. The summed E-state index contributed by atoms with van der Waals surface area (Å²) in [6, 6.07) is 5.31. The largest absolute Gasteiger partial charge is 0.444 e. The molecule has 13 heteroatoms. The number of fused-ring (bicyclic) bond motifs is 2. The van der Waals surface area contributed by atoms with Crippen molar-refractivity contribution in [3.63, 3.8) is 0 Å². The minimum absolute atomic E-state index is 0.0333. The van der Waals surface area contributed by atoms with Gasteiger partial charge in [0, 0.05) is 43.0 Å². The minimum atomic E-state index is -5.15. The summed E-state index contributed by atoms with van der Waals surface area (Å²) >= 11 is 0. The SMILES string of the molecule is Cc1cn(C(=O)OC(C)(C)C)c2ncc(-c3cc4c(c([C@@H]5CCCN5C(=O)OC(C)(C)C)c3)CCN(C(=O)[C@@](C)(O)C(F)(F)F)C4)cc12. The third-order valence-corrected chi connectivity index (χ3v) is 8.63. The first-order valence-corrected chi connectivity index (χ1v) is 16.0. The van der Waals surface area contributed by atoms with E-state index in [4.69, 9.17) is 9.47 Å². The molecule has 10 nitrogen and oxygen atoms in total. The van der Waals surface area contributed by atoms with E-state index < -0.39 is 41.1 Å². The number of carbonyl (C=O) groups excluding carboxylic acids is 3. The topological polar surface area (TPSA) is 114 Å². The molecule has 260 valence electrons. The first-order valence-electron chi connectivity index (χ1n) is 16.0. The number of alkyl halides is 3. The molecule has 0 bridgehead atoms. The van der Waals surface area contributed by atoms with Crippen molar-refractivity contribution in [3.8, 4) is 11.1 Å². The van der Waals surface area contributed by atoms with Crippen LogP contribution in [-0.4, -0.2) is 78.6 Å². The van der Waals surface area contributed by atoms with Gasteiger partial charge in [0.2, 0.25) is 5.60 Å². The first-order chi connectivity index (χ1) is 22.1. The number of nitrogens with zero attached hydrogens (tertiary/aromatic N) is 4. The van der Waals surface area contributed by atoms with Gasteiger partial charge in [-0.1, -0.05) is 0 Å². The lowest BCUT2D eigenvalue weighted by molar-refractivity contribution is -0.250. The normalized spacial score (nSPS) is 18.5. The second-order valence-electron chi connectivity index (χ2n) is 14.8. The number of carbonyl (C=O) groups is 3. The van der Waals surface area contributed by atoms with E-state index in [2.05, 4.69) is 4.98 Å². The molecule has 1 aromatic carbocycles. The summed E-state index contributed by atoms with van der Waals surface area (Å²) in [6.45, 7) is 13.3. The number of benzene rings is 1. The van der Waals surface area contributed by atoms with Gasteiger partial charge in [0.25, 0.3) is 5.91 Å². The molecule has 0 radical (unpaired) electrons. The maximum absolute atomic E-state index is 13.6. The van der Waals surface area contributed by atoms with Gasteiger partial charge in [-0.3, -0.25) is 4.79 Å². The van der Waals surface area contributed by atoms with Gasteiger partial charge in [-0.25, -0.2) is 19.1 Å². The molecule has 0 aliphatic carbocycles. The number of ether oxygens (including phenoxy) is 2. The third-order valence-electron chi connectivity index (χ3n) is 8.63. The molecule has 2 aromatic heterocycles. The number of aryl methyl sites for hydroxylation is 1. The van der Waals surface area contributed by atoms with Crippen LogP contribution in [0, 0.1) is 6.92 Å². The molecular formula is C35H43F3N4O6. The van der Waals surface area contributed by atoms with Crippen LogP contribution in [0.25, 0.3) is 22.2 Å². The predicted octanol–water partition coefficient (Wildman–Crippen LogP) is 7.06. The van der Waals surface area contributed by atoms with Crippen LogP contribution in [0.5, 0.6) is 0 Å². The smallest absolute Gasteiger partial charge is 0.426 e. The summed E-state index contributed by atoms with van der Waals surface area (Å²) < 4.78 is 53.5. The molecule has 1 N–H and O–H groups in total. The fourth-order valence-corrected chi connectivity index (χ4v) is 6.30. The van der Waals surface area contributed by atoms with Crippen molar-refractivity contribution in [3.05, 3.63) is 52.8 Å². The fraction of sp³-hybridized carbons (Fsp3) is 0.543. The molecule has 48 heavy (non-hydrogen) atoms. The highest BCUT2D eigenvalue weighted by Gasteiger charge is 2.57. The van der Waals surface area contributed by atoms with Crippen LogP contribution in [0.1, 0.15) is 89.6 Å². The molecule has 0 spiro atoms.